The third kappa shape index (κ3) is 3.39. The van der Waals surface area contributed by atoms with Crippen LogP contribution in [0.25, 0.3) is 11.3 Å². The van der Waals surface area contributed by atoms with Crippen LogP contribution in [0.4, 0.5) is 11.6 Å². The van der Waals surface area contributed by atoms with E-state index in [2.05, 4.69) is 20.2 Å². The molecule has 0 radical (unpaired) electrons. The van der Waals surface area contributed by atoms with Gasteiger partial charge in [0.05, 0.1) is 5.69 Å². The first-order valence-corrected chi connectivity index (χ1v) is 8.26. The molecular weight excluding hydrogens is 348 g/mol. The standard InChI is InChI=1S/C18H18N6O3/c1-4-11-10-19-17(20-13(11)12-8-6-5-7-9-12)22-21-14-15(25)23(2)18(27)24(3)16(14)26/h5-10,25H,4H2,1-3H3. The van der Waals surface area contributed by atoms with Gasteiger partial charge in [0.25, 0.3) is 11.5 Å². The van der Waals surface area contributed by atoms with Crippen LogP contribution in [0.3, 0.4) is 0 Å². The van der Waals surface area contributed by atoms with Crippen molar-refractivity contribution in [3.8, 4) is 17.1 Å². The highest BCUT2D eigenvalue weighted by Gasteiger charge is 2.15. The number of rotatable bonds is 4. The number of hydrogen-bond acceptors (Lipinski definition) is 7. The van der Waals surface area contributed by atoms with Crippen molar-refractivity contribution >= 4 is 11.6 Å². The molecule has 0 spiro atoms. The first-order valence-electron chi connectivity index (χ1n) is 8.26. The molecule has 2 aromatic heterocycles. The van der Waals surface area contributed by atoms with Crippen LogP contribution in [0.15, 0.2) is 56.3 Å². The van der Waals surface area contributed by atoms with Crippen LogP contribution in [0.1, 0.15) is 12.5 Å². The second-order valence-electron chi connectivity index (χ2n) is 5.84. The van der Waals surface area contributed by atoms with Crippen molar-refractivity contribution in [1.29, 1.82) is 0 Å². The summed E-state index contributed by atoms with van der Waals surface area (Å²) in [5, 5.41) is 17.7. The number of aromatic hydroxyl groups is 1. The number of azo groups is 1. The molecule has 0 unspecified atom stereocenters. The lowest BCUT2D eigenvalue weighted by Gasteiger charge is -2.07. The van der Waals surface area contributed by atoms with Crippen LogP contribution >= 0.6 is 0 Å². The maximum atomic E-state index is 12.2. The average Bonchev–Trinajstić information content (AvgIpc) is 2.71. The van der Waals surface area contributed by atoms with Crippen LogP contribution < -0.4 is 11.2 Å². The predicted molar refractivity (Wildman–Crippen MR) is 99.6 cm³/mol. The first kappa shape index (κ1) is 18.2. The molecule has 1 aromatic carbocycles. The quantitative estimate of drug-likeness (QED) is 0.711. The summed E-state index contributed by atoms with van der Waals surface area (Å²) in [6.45, 7) is 2.00. The molecule has 9 nitrogen and oxygen atoms in total. The van der Waals surface area contributed by atoms with E-state index >= 15 is 0 Å². The van der Waals surface area contributed by atoms with Gasteiger partial charge >= 0.3 is 5.69 Å². The van der Waals surface area contributed by atoms with E-state index in [4.69, 9.17) is 0 Å². The molecule has 0 fully saturated rings. The van der Waals surface area contributed by atoms with Crippen molar-refractivity contribution in [2.24, 2.45) is 24.3 Å². The van der Waals surface area contributed by atoms with Gasteiger partial charge < -0.3 is 5.11 Å². The Labute approximate surface area is 154 Å². The van der Waals surface area contributed by atoms with Crippen molar-refractivity contribution in [3.05, 3.63) is 62.9 Å². The van der Waals surface area contributed by atoms with Crippen molar-refractivity contribution < 1.29 is 5.11 Å². The third-order valence-corrected chi connectivity index (χ3v) is 4.13. The van der Waals surface area contributed by atoms with Crippen LogP contribution in [0, 0.1) is 0 Å². The van der Waals surface area contributed by atoms with Crippen LogP contribution in [-0.2, 0) is 20.5 Å². The Morgan fingerprint density at radius 1 is 1.07 bits per heavy atom. The van der Waals surface area contributed by atoms with E-state index in [0.717, 1.165) is 32.4 Å². The van der Waals surface area contributed by atoms with Gasteiger partial charge in [-0.15, -0.1) is 10.2 Å². The number of benzene rings is 1. The molecule has 0 aliphatic heterocycles. The van der Waals surface area contributed by atoms with Crippen LogP contribution in [-0.4, -0.2) is 24.2 Å². The van der Waals surface area contributed by atoms with Crippen LogP contribution in [0.2, 0.25) is 0 Å². The smallest absolute Gasteiger partial charge is 0.333 e. The summed E-state index contributed by atoms with van der Waals surface area (Å²) in [5.41, 5.74) is 0.804. The zero-order valence-electron chi connectivity index (χ0n) is 15.1. The number of aromatic nitrogens is 4. The van der Waals surface area contributed by atoms with Gasteiger partial charge in [0, 0.05) is 25.9 Å². The Morgan fingerprint density at radius 2 is 1.78 bits per heavy atom. The molecule has 9 heteroatoms. The zero-order chi connectivity index (χ0) is 19.6. The van der Waals surface area contributed by atoms with Gasteiger partial charge in [-0.3, -0.25) is 13.9 Å². The summed E-state index contributed by atoms with van der Waals surface area (Å²) in [5.74, 6) is -0.526. The molecule has 0 bridgehead atoms. The molecule has 138 valence electrons. The molecule has 0 saturated heterocycles. The molecule has 0 aliphatic carbocycles. The fourth-order valence-corrected chi connectivity index (χ4v) is 2.55. The normalized spacial score (nSPS) is 11.2. The first-order chi connectivity index (χ1) is 12.9. The SMILES string of the molecule is CCc1cnc(N=Nc2c(O)n(C)c(=O)n(C)c2=O)nc1-c1ccccc1. The van der Waals surface area contributed by atoms with E-state index < -0.39 is 17.1 Å². The average molecular weight is 366 g/mol. The van der Waals surface area contributed by atoms with Crippen molar-refractivity contribution in [2.45, 2.75) is 13.3 Å². The van der Waals surface area contributed by atoms with Gasteiger partial charge in [-0.25, -0.2) is 14.8 Å². The molecule has 3 aromatic rings. The van der Waals surface area contributed by atoms with Gasteiger partial charge in [-0.1, -0.05) is 37.3 Å². The van der Waals surface area contributed by atoms with E-state index in [1.165, 1.54) is 14.1 Å². The van der Waals surface area contributed by atoms with E-state index in [1.807, 2.05) is 37.3 Å². The largest absolute Gasteiger partial charge is 0.493 e. The number of hydrogen-bond donors (Lipinski definition) is 1. The second-order valence-corrected chi connectivity index (χ2v) is 5.84. The van der Waals surface area contributed by atoms with Crippen molar-refractivity contribution in [1.82, 2.24) is 19.1 Å². The lowest BCUT2D eigenvalue weighted by molar-refractivity contribution is 0.413. The van der Waals surface area contributed by atoms with Crippen LogP contribution in [0.5, 0.6) is 5.88 Å². The summed E-state index contributed by atoms with van der Waals surface area (Å²) in [7, 11) is 2.62. The molecule has 0 atom stereocenters. The van der Waals surface area contributed by atoms with Gasteiger partial charge in [0.1, 0.15) is 0 Å². The van der Waals surface area contributed by atoms with E-state index in [-0.39, 0.29) is 11.6 Å². The minimum atomic E-state index is -0.757. The van der Waals surface area contributed by atoms with Gasteiger partial charge in [0.2, 0.25) is 11.6 Å². The molecule has 2 heterocycles. The highest BCUT2D eigenvalue weighted by molar-refractivity contribution is 5.63. The van der Waals surface area contributed by atoms with E-state index in [0.29, 0.717) is 0 Å². The Hall–Kier alpha value is -3.62. The molecular formula is C18H18N6O3. The fourth-order valence-electron chi connectivity index (χ4n) is 2.55. The molecule has 0 amide bonds. The maximum Gasteiger partial charge on any atom is 0.333 e. The van der Waals surface area contributed by atoms with Gasteiger partial charge in [-0.2, -0.15) is 0 Å². The van der Waals surface area contributed by atoms with E-state index in [9.17, 15) is 14.7 Å². The number of nitrogens with zero attached hydrogens (tertiary/aromatic N) is 6. The zero-order valence-corrected chi connectivity index (χ0v) is 15.1. The minimum Gasteiger partial charge on any atom is -0.493 e. The van der Waals surface area contributed by atoms with Crippen molar-refractivity contribution in [2.75, 3.05) is 0 Å². The van der Waals surface area contributed by atoms with Crippen molar-refractivity contribution in [3.63, 3.8) is 0 Å². The maximum absolute atomic E-state index is 12.2. The van der Waals surface area contributed by atoms with Gasteiger partial charge in [-0.05, 0) is 12.0 Å². The predicted octanol–water partition coefficient (Wildman–Crippen LogP) is 2.22. The Kier molecular flexibility index (Phi) is 4.93. The summed E-state index contributed by atoms with van der Waals surface area (Å²) in [4.78, 5) is 32.5. The molecule has 0 aliphatic rings. The Balaban J connectivity index is 2.08. The van der Waals surface area contributed by atoms with E-state index in [1.54, 1.807) is 6.20 Å². The summed E-state index contributed by atoms with van der Waals surface area (Å²) >= 11 is 0. The Bertz CT molecular complexity index is 1130. The molecule has 27 heavy (non-hydrogen) atoms. The monoisotopic (exact) mass is 366 g/mol. The van der Waals surface area contributed by atoms with Gasteiger partial charge in [0.15, 0.2) is 0 Å². The molecule has 3 rings (SSSR count). The summed E-state index contributed by atoms with van der Waals surface area (Å²) in [6.07, 6.45) is 2.40. The second kappa shape index (κ2) is 7.32. The molecule has 1 N–H and O–H groups in total. The summed E-state index contributed by atoms with van der Waals surface area (Å²) in [6, 6.07) is 9.58. The number of aryl methyl sites for hydroxylation is 1. The third-order valence-electron chi connectivity index (χ3n) is 4.13. The Morgan fingerprint density at radius 3 is 2.44 bits per heavy atom. The minimum absolute atomic E-state index is 0.0429. The topological polar surface area (TPSA) is 115 Å². The lowest BCUT2D eigenvalue weighted by Crippen LogP contribution is -2.36. The summed E-state index contributed by atoms with van der Waals surface area (Å²) < 4.78 is 1.75. The highest BCUT2D eigenvalue weighted by Crippen LogP contribution is 2.25. The fraction of sp³-hybridized carbons (Fsp3) is 0.222. The molecule has 0 saturated carbocycles. The highest BCUT2D eigenvalue weighted by atomic mass is 16.3. The lowest BCUT2D eigenvalue weighted by atomic mass is 10.1.